The monoisotopic (exact) mass is 275 g/mol. The van der Waals surface area contributed by atoms with Gasteiger partial charge in [0.2, 0.25) is 5.91 Å². The van der Waals surface area contributed by atoms with Crippen LogP contribution in [0.2, 0.25) is 0 Å². The number of rotatable bonds is 5. The molecule has 0 aromatic heterocycles. The molecule has 0 heterocycles. The van der Waals surface area contributed by atoms with E-state index >= 15 is 0 Å². The molecule has 0 saturated carbocycles. The van der Waals surface area contributed by atoms with Crippen LogP contribution in [0.15, 0.2) is 0 Å². The average molecular weight is 275 g/mol. The van der Waals surface area contributed by atoms with E-state index in [1.54, 1.807) is 0 Å². The van der Waals surface area contributed by atoms with Crippen LogP contribution in [-0.2, 0) is 4.79 Å². The Hall–Kier alpha value is -0.180. The first-order valence-corrected chi connectivity index (χ1v) is 7.11. The van der Waals surface area contributed by atoms with Gasteiger partial charge in [-0.2, -0.15) is 0 Å². The van der Waals surface area contributed by atoms with Crippen molar-refractivity contribution in [3.8, 4) is 0 Å². The summed E-state index contributed by atoms with van der Waals surface area (Å²) in [6.07, 6.45) is 0.691. The predicted molar refractivity (Wildman–Crippen MR) is 81.1 cm³/mol. The molecule has 0 aliphatic heterocycles. The summed E-state index contributed by atoms with van der Waals surface area (Å²) < 4.78 is 0. The van der Waals surface area contributed by atoms with Crippen molar-refractivity contribution in [2.45, 2.75) is 65.8 Å². The summed E-state index contributed by atoms with van der Waals surface area (Å²) in [6, 6.07) is -0.467. The Bertz CT molecular complexity index is 284. The van der Waals surface area contributed by atoms with Gasteiger partial charge in [-0.3, -0.25) is 4.79 Å². The predicted octanol–water partition coefficient (Wildman–Crippen LogP) is 1.44. The van der Waals surface area contributed by atoms with E-state index in [1.165, 1.54) is 0 Å². The zero-order chi connectivity index (χ0) is 14.7. The Balaban J connectivity index is 4.61. The lowest BCUT2D eigenvalue weighted by Gasteiger charge is -2.35. The van der Waals surface area contributed by atoms with Gasteiger partial charge in [-0.15, -0.1) is 9.24 Å². The molecule has 18 heavy (non-hydrogen) atoms. The van der Waals surface area contributed by atoms with Gasteiger partial charge in [0.1, 0.15) is 0 Å². The van der Waals surface area contributed by atoms with E-state index in [1.807, 2.05) is 20.8 Å². The highest BCUT2D eigenvalue weighted by Crippen LogP contribution is 2.27. The molecule has 4 atom stereocenters. The summed E-state index contributed by atoms with van der Waals surface area (Å²) >= 11 is 0. The summed E-state index contributed by atoms with van der Waals surface area (Å²) in [5.74, 6) is -0.146. The van der Waals surface area contributed by atoms with Gasteiger partial charge in [-0.1, -0.05) is 34.6 Å². The number of carbonyl (C=O) groups excluding carboxylic acids is 1. The number of nitrogens with two attached hydrogens (primary N) is 2. The van der Waals surface area contributed by atoms with E-state index in [-0.39, 0.29) is 28.6 Å². The maximum absolute atomic E-state index is 12.1. The van der Waals surface area contributed by atoms with Crippen LogP contribution in [0.5, 0.6) is 0 Å². The van der Waals surface area contributed by atoms with Gasteiger partial charge in [-0.25, -0.2) is 0 Å². The molecule has 4 nitrogen and oxygen atoms in total. The van der Waals surface area contributed by atoms with Gasteiger partial charge in [0.05, 0.1) is 6.04 Å². The highest BCUT2D eigenvalue weighted by Gasteiger charge is 2.34. The Morgan fingerprint density at radius 2 is 1.67 bits per heavy atom. The molecule has 4 unspecified atom stereocenters. The minimum absolute atomic E-state index is 0.0243. The number of hydrogen-bond acceptors (Lipinski definition) is 3. The largest absolute Gasteiger partial charge is 0.352 e. The molecular formula is C13H30N3OP. The number of amides is 1. The first-order chi connectivity index (χ1) is 7.88. The van der Waals surface area contributed by atoms with Crippen LogP contribution in [0, 0.1) is 10.8 Å². The van der Waals surface area contributed by atoms with Crippen molar-refractivity contribution < 1.29 is 4.79 Å². The number of hydrogen-bond donors (Lipinski definition) is 3. The Morgan fingerprint density at radius 3 is 2.00 bits per heavy atom. The fourth-order valence-electron chi connectivity index (χ4n) is 1.61. The van der Waals surface area contributed by atoms with Crippen LogP contribution in [0.4, 0.5) is 0 Å². The molecule has 0 aliphatic rings. The van der Waals surface area contributed by atoms with Gasteiger partial charge in [-0.05, 0) is 24.2 Å². The number of nitrogens with one attached hydrogen (secondary N) is 1. The molecule has 0 bridgehead atoms. The average Bonchev–Trinajstić information content (AvgIpc) is 2.12. The molecule has 0 aliphatic carbocycles. The van der Waals surface area contributed by atoms with Crippen molar-refractivity contribution in [3.05, 3.63) is 0 Å². The van der Waals surface area contributed by atoms with E-state index in [0.717, 1.165) is 0 Å². The third-order valence-electron chi connectivity index (χ3n) is 3.54. The molecule has 5 heteroatoms. The Morgan fingerprint density at radius 1 is 1.22 bits per heavy atom. The van der Waals surface area contributed by atoms with Gasteiger partial charge in [0.15, 0.2) is 0 Å². The molecule has 0 spiro atoms. The minimum atomic E-state index is -0.547. The van der Waals surface area contributed by atoms with Crippen molar-refractivity contribution in [2.75, 3.05) is 0 Å². The van der Waals surface area contributed by atoms with E-state index in [2.05, 4.69) is 35.3 Å². The van der Waals surface area contributed by atoms with Crippen LogP contribution in [0.25, 0.3) is 0 Å². The lowest BCUT2D eigenvalue weighted by molar-refractivity contribution is -0.126. The van der Waals surface area contributed by atoms with Crippen LogP contribution >= 0.6 is 9.24 Å². The third kappa shape index (κ3) is 5.64. The Kier molecular flexibility index (Phi) is 6.25. The van der Waals surface area contributed by atoms with Crippen molar-refractivity contribution in [2.24, 2.45) is 22.3 Å². The molecule has 5 N–H and O–H groups in total. The highest BCUT2D eigenvalue weighted by atomic mass is 31.0. The fraction of sp³-hybridized carbons (Fsp3) is 0.923. The van der Waals surface area contributed by atoms with Crippen molar-refractivity contribution in [3.63, 3.8) is 0 Å². The summed E-state index contributed by atoms with van der Waals surface area (Å²) in [4.78, 5) is 12.1. The van der Waals surface area contributed by atoms with E-state index in [0.29, 0.717) is 6.42 Å². The summed E-state index contributed by atoms with van der Waals surface area (Å²) in [5.41, 5.74) is 11.5. The first-order valence-electron chi connectivity index (χ1n) is 6.45. The van der Waals surface area contributed by atoms with Gasteiger partial charge in [0.25, 0.3) is 0 Å². The molecule has 0 saturated heterocycles. The normalized spacial score (nSPS) is 18.1. The maximum atomic E-state index is 12.1. The fourth-order valence-corrected chi connectivity index (χ4v) is 2.22. The zero-order valence-corrected chi connectivity index (χ0v) is 13.7. The second-order valence-corrected chi connectivity index (χ2v) is 7.79. The SMILES string of the molecule is CC(NC(=O)C(N)C(C)(C)CC(N)P)C(C)(C)C. The quantitative estimate of drug-likeness (QED) is 0.664. The second kappa shape index (κ2) is 6.31. The molecular weight excluding hydrogens is 245 g/mol. The minimum Gasteiger partial charge on any atom is -0.352 e. The summed E-state index contributed by atoms with van der Waals surface area (Å²) in [6.45, 7) is 12.2. The molecule has 0 rings (SSSR count). The summed E-state index contributed by atoms with van der Waals surface area (Å²) in [7, 11) is 2.54. The Labute approximate surface area is 114 Å². The topological polar surface area (TPSA) is 81.1 Å². The molecule has 0 aromatic carbocycles. The zero-order valence-electron chi connectivity index (χ0n) is 12.6. The van der Waals surface area contributed by atoms with Crippen molar-refractivity contribution in [1.82, 2.24) is 5.32 Å². The molecule has 1 amide bonds. The third-order valence-corrected chi connectivity index (χ3v) is 3.78. The van der Waals surface area contributed by atoms with E-state index < -0.39 is 6.04 Å². The smallest absolute Gasteiger partial charge is 0.237 e. The number of carbonyl (C=O) groups is 1. The van der Waals surface area contributed by atoms with Crippen LogP contribution in [0.1, 0.15) is 48.0 Å². The van der Waals surface area contributed by atoms with Gasteiger partial charge >= 0.3 is 0 Å². The van der Waals surface area contributed by atoms with Gasteiger partial charge in [0, 0.05) is 11.8 Å². The van der Waals surface area contributed by atoms with Crippen LogP contribution < -0.4 is 16.8 Å². The molecule has 0 radical (unpaired) electrons. The first kappa shape index (κ1) is 17.8. The van der Waals surface area contributed by atoms with Crippen molar-refractivity contribution >= 4 is 15.1 Å². The summed E-state index contributed by atoms with van der Waals surface area (Å²) in [5, 5.41) is 2.99. The lowest BCUT2D eigenvalue weighted by Crippen LogP contribution is -2.54. The van der Waals surface area contributed by atoms with Crippen molar-refractivity contribution in [1.29, 1.82) is 0 Å². The maximum Gasteiger partial charge on any atom is 0.237 e. The highest BCUT2D eigenvalue weighted by molar-refractivity contribution is 7.17. The second-order valence-electron chi connectivity index (χ2n) is 6.93. The van der Waals surface area contributed by atoms with E-state index in [4.69, 9.17) is 11.5 Å². The van der Waals surface area contributed by atoms with Gasteiger partial charge < -0.3 is 16.8 Å². The molecule has 108 valence electrons. The van der Waals surface area contributed by atoms with Crippen LogP contribution in [0.3, 0.4) is 0 Å². The lowest BCUT2D eigenvalue weighted by atomic mass is 9.80. The molecule has 0 aromatic rings. The van der Waals surface area contributed by atoms with Crippen LogP contribution in [-0.4, -0.2) is 23.8 Å². The standard InChI is InChI=1S/C13H30N3OP/c1-8(12(2,3)4)16-11(17)10(15)13(5,6)7-9(14)18/h8-10H,7,14-15,18H2,1-6H3,(H,16,17). The molecule has 0 fully saturated rings. The van der Waals surface area contributed by atoms with E-state index in [9.17, 15) is 4.79 Å².